The molecular weight excluding hydrogens is 584 g/mol. The number of nitrogens with zero attached hydrogens (tertiary/aromatic N) is 3. The van der Waals surface area contributed by atoms with Crippen LogP contribution in [0.3, 0.4) is 0 Å². The van der Waals surface area contributed by atoms with E-state index in [1.54, 1.807) is 35.3 Å². The average Bonchev–Trinajstić information content (AvgIpc) is 3.38. The van der Waals surface area contributed by atoms with Crippen LogP contribution in [0.2, 0.25) is 0 Å². The number of anilines is 1. The summed E-state index contributed by atoms with van der Waals surface area (Å²) < 4.78 is 48.6. The zero-order valence-electron chi connectivity index (χ0n) is 21.5. The highest BCUT2D eigenvalue weighted by Crippen LogP contribution is 2.36. The standard InChI is InChI=1S/C24H23FN5O11P/c25-15-11-30(24(36)28-22(15)34)19-10-16(17(12-31)40-19)41-42(37)39-9-8-38-20(13-32)29-7-6-18(27-23(29)35)26-21(33)14-4-2-1-3-5-14/h1-7,11,13,16-17,19,31H,8-10,12H2,(H2-,26,27,28,32,33,34,35,36)/p+1/b20-13-/t16-,17-,19-/m1/s1. The number of carbonyl (C=O) groups is 1. The van der Waals surface area contributed by atoms with Crippen LogP contribution < -0.4 is 22.3 Å². The molecule has 4 N–H and O–H groups in total. The van der Waals surface area contributed by atoms with Crippen LogP contribution in [0, 0.1) is 5.82 Å². The molecule has 1 fully saturated rings. The third kappa shape index (κ3) is 7.39. The summed E-state index contributed by atoms with van der Waals surface area (Å²) in [6, 6.07) is 9.57. The molecule has 0 bridgehead atoms. The number of halogens is 1. The SMILES string of the molecule is O=C(Nc1ccn(/C(=C/O)OCCO[P+](=O)O[C@@H]2C[C@H](n3cc(F)c(=O)[nH]c3=O)O[C@@H]2CO)c(=O)n1)c1ccccc1. The van der Waals surface area contributed by atoms with E-state index < -0.39 is 62.0 Å². The van der Waals surface area contributed by atoms with Crippen molar-refractivity contribution in [3.8, 4) is 0 Å². The van der Waals surface area contributed by atoms with E-state index in [1.165, 1.54) is 12.3 Å². The maximum Gasteiger partial charge on any atom is 0.697 e. The Morgan fingerprint density at radius 3 is 2.69 bits per heavy atom. The van der Waals surface area contributed by atoms with E-state index in [-0.39, 0.29) is 31.3 Å². The Balaban J connectivity index is 1.27. The summed E-state index contributed by atoms with van der Waals surface area (Å²) >= 11 is 0. The molecule has 42 heavy (non-hydrogen) atoms. The van der Waals surface area contributed by atoms with Gasteiger partial charge in [-0.25, -0.2) is 14.2 Å². The zero-order chi connectivity index (χ0) is 30.2. The maximum absolute atomic E-state index is 13.6. The third-order valence-electron chi connectivity index (χ3n) is 5.78. The minimum Gasteiger partial charge on any atom is -0.510 e. The predicted molar refractivity (Wildman–Crippen MR) is 141 cm³/mol. The van der Waals surface area contributed by atoms with Gasteiger partial charge in [-0.2, -0.15) is 9.37 Å². The van der Waals surface area contributed by atoms with E-state index in [2.05, 4.69) is 10.3 Å². The molecule has 1 aromatic carbocycles. The monoisotopic (exact) mass is 608 g/mol. The summed E-state index contributed by atoms with van der Waals surface area (Å²) in [4.78, 5) is 53.4. The highest BCUT2D eigenvalue weighted by atomic mass is 31.1. The highest BCUT2D eigenvalue weighted by molar-refractivity contribution is 7.33. The van der Waals surface area contributed by atoms with Crippen molar-refractivity contribution in [2.24, 2.45) is 0 Å². The number of carbonyl (C=O) groups excluding carboxylic acids is 1. The molecule has 3 aromatic rings. The fraction of sp³-hybridized carbons (Fsp3) is 0.292. The van der Waals surface area contributed by atoms with Crippen LogP contribution in [0.1, 0.15) is 23.0 Å². The van der Waals surface area contributed by atoms with Crippen molar-refractivity contribution in [1.29, 1.82) is 0 Å². The lowest BCUT2D eigenvalue weighted by molar-refractivity contribution is -0.0433. The number of hydrogen-bond acceptors (Lipinski definition) is 12. The van der Waals surface area contributed by atoms with Crippen molar-refractivity contribution >= 4 is 25.9 Å². The van der Waals surface area contributed by atoms with Gasteiger partial charge in [-0.1, -0.05) is 18.2 Å². The predicted octanol–water partition coefficient (Wildman–Crippen LogP) is 0.854. The van der Waals surface area contributed by atoms with Gasteiger partial charge in [0, 0.05) is 22.7 Å². The van der Waals surface area contributed by atoms with Gasteiger partial charge in [0.1, 0.15) is 43.7 Å². The van der Waals surface area contributed by atoms with Crippen LogP contribution in [0.5, 0.6) is 0 Å². The van der Waals surface area contributed by atoms with Crippen LogP contribution in [0.4, 0.5) is 10.2 Å². The summed E-state index contributed by atoms with van der Waals surface area (Å²) in [5, 5.41) is 21.6. The number of rotatable bonds is 12. The first kappa shape index (κ1) is 30.4. The molecule has 1 amide bonds. The van der Waals surface area contributed by atoms with Crippen LogP contribution in [-0.4, -0.2) is 67.3 Å². The van der Waals surface area contributed by atoms with Crippen molar-refractivity contribution < 1.29 is 42.5 Å². The first-order chi connectivity index (χ1) is 20.2. The number of nitrogens with one attached hydrogen (secondary N) is 2. The summed E-state index contributed by atoms with van der Waals surface area (Å²) in [7, 11) is -2.80. The summed E-state index contributed by atoms with van der Waals surface area (Å²) in [5.41, 5.74) is -2.68. The van der Waals surface area contributed by atoms with Crippen LogP contribution in [0.25, 0.3) is 5.88 Å². The van der Waals surface area contributed by atoms with E-state index in [4.69, 9.17) is 18.5 Å². The molecule has 1 aliphatic rings. The minimum absolute atomic E-state index is 0.0326. The summed E-state index contributed by atoms with van der Waals surface area (Å²) in [6.07, 6.45) is -0.979. The number of aliphatic hydroxyl groups is 2. The van der Waals surface area contributed by atoms with Gasteiger partial charge < -0.3 is 25.0 Å². The van der Waals surface area contributed by atoms with Gasteiger partial charge in [0.2, 0.25) is 11.7 Å². The molecule has 4 rings (SSSR count). The lowest BCUT2D eigenvalue weighted by Crippen LogP contribution is -2.34. The topological polar surface area (TPSA) is 213 Å². The fourth-order valence-corrected chi connectivity index (χ4v) is 4.53. The maximum atomic E-state index is 13.6. The molecule has 0 spiro atoms. The van der Waals surface area contributed by atoms with Gasteiger partial charge in [-0.05, 0) is 18.2 Å². The zero-order valence-corrected chi connectivity index (χ0v) is 22.4. The molecule has 2 aromatic heterocycles. The number of aromatic amines is 1. The number of benzene rings is 1. The lowest BCUT2D eigenvalue weighted by atomic mass is 10.2. The van der Waals surface area contributed by atoms with E-state index >= 15 is 0 Å². The van der Waals surface area contributed by atoms with E-state index in [0.29, 0.717) is 18.0 Å². The Bertz CT molecular complexity index is 1640. The van der Waals surface area contributed by atoms with E-state index in [9.17, 15) is 38.3 Å². The summed E-state index contributed by atoms with van der Waals surface area (Å²) in [5.74, 6) is -2.08. The number of H-pyrrole nitrogens is 1. The van der Waals surface area contributed by atoms with Crippen LogP contribution >= 0.6 is 8.25 Å². The van der Waals surface area contributed by atoms with Gasteiger partial charge >= 0.3 is 19.6 Å². The van der Waals surface area contributed by atoms with Crippen molar-refractivity contribution in [3.05, 3.63) is 97.8 Å². The molecule has 3 heterocycles. The van der Waals surface area contributed by atoms with E-state index in [0.717, 1.165) is 9.13 Å². The van der Waals surface area contributed by atoms with Gasteiger partial charge in [0.15, 0.2) is 0 Å². The molecular formula is C24H24FN5O11P+. The van der Waals surface area contributed by atoms with Crippen LogP contribution in [0.15, 0.2) is 69.4 Å². The minimum atomic E-state index is -2.80. The molecule has 0 aliphatic carbocycles. The number of hydrogen-bond donors (Lipinski definition) is 4. The fourth-order valence-electron chi connectivity index (χ4n) is 3.81. The molecule has 1 unspecified atom stereocenters. The Morgan fingerprint density at radius 2 is 2.00 bits per heavy atom. The lowest BCUT2D eigenvalue weighted by Gasteiger charge is -2.13. The molecule has 1 aliphatic heterocycles. The average molecular weight is 608 g/mol. The second kappa shape index (κ2) is 13.9. The van der Waals surface area contributed by atoms with Gasteiger partial charge in [-0.15, -0.1) is 9.05 Å². The van der Waals surface area contributed by atoms with Crippen molar-refractivity contribution in [1.82, 2.24) is 19.1 Å². The molecule has 222 valence electrons. The quantitative estimate of drug-likeness (QED) is 0.128. The first-order valence-electron chi connectivity index (χ1n) is 12.2. The van der Waals surface area contributed by atoms with Crippen molar-refractivity contribution in [2.75, 3.05) is 25.1 Å². The van der Waals surface area contributed by atoms with Gasteiger partial charge in [0.25, 0.3) is 11.5 Å². The van der Waals surface area contributed by atoms with Crippen molar-refractivity contribution in [3.63, 3.8) is 0 Å². The molecule has 4 atom stereocenters. The van der Waals surface area contributed by atoms with Gasteiger partial charge in [-0.3, -0.25) is 19.1 Å². The number of aromatic nitrogens is 4. The largest absolute Gasteiger partial charge is 0.697 e. The first-order valence-corrected chi connectivity index (χ1v) is 13.3. The Labute approximate surface area is 235 Å². The third-order valence-corrected chi connectivity index (χ3v) is 6.61. The smallest absolute Gasteiger partial charge is 0.510 e. The Kier molecular flexibility index (Phi) is 10.1. The number of amides is 1. The Morgan fingerprint density at radius 1 is 1.24 bits per heavy atom. The number of aliphatic hydroxyl groups excluding tert-OH is 2. The molecule has 0 radical (unpaired) electrons. The normalized spacial score (nSPS) is 19.0. The van der Waals surface area contributed by atoms with Crippen LogP contribution in [-0.2, 0) is 23.1 Å². The Hall–Kier alpha value is -4.54. The molecule has 16 nitrogen and oxygen atoms in total. The highest BCUT2D eigenvalue weighted by Gasteiger charge is 2.43. The summed E-state index contributed by atoms with van der Waals surface area (Å²) in [6.45, 7) is -1.24. The number of ether oxygens (including phenoxy) is 2. The second-order valence-corrected chi connectivity index (χ2v) is 9.41. The molecule has 18 heteroatoms. The van der Waals surface area contributed by atoms with Gasteiger partial charge in [0.05, 0.1) is 12.8 Å². The molecule has 0 saturated carbocycles. The molecule has 1 saturated heterocycles. The van der Waals surface area contributed by atoms with Crippen molar-refractivity contribution in [2.45, 2.75) is 24.9 Å². The second-order valence-electron chi connectivity index (χ2n) is 8.49. The van der Waals surface area contributed by atoms with E-state index in [1.807, 2.05) is 0 Å².